The van der Waals surface area contributed by atoms with Gasteiger partial charge in [-0.15, -0.1) is 0 Å². The van der Waals surface area contributed by atoms with E-state index in [1.807, 2.05) is 0 Å². The van der Waals surface area contributed by atoms with Crippen molar-refractivity contribution in [3.63, 3.8) is 0 Å². The van der Waals surface area contributed by atoms with Crippen LogP contribution >= 0.6 is 0 Å². The zero-order chi connectivity index (χ0) is 7.72. The maximum absolute atomic E-state index is 12.1. The molecule has 0 N–H and O–H groups in total. The van der Waals surface area contributed by atoms with E-state index in [0.717, 1.165) is 0 Å². The van der Waals surface area contributed by atoms with Crippen molar-refractivity contribution in [3.05, 3.63) is 29.6 Å². The summed E-state index contributed by atoms with van der Waals surface area (Å²) in [5.74, 6) is -5.87. The Morgan fingerprint density at radius 2 is 1.55 bits per heavy atom. The number of hydrogen-bond acceptors (Lipinski definition) is 1. The van der Waals surface area contributed by atoms with Crippen LogP contribution in [0.5, 0.6) is 5.75 Å². The van der Waals surface area contributed by atoms with Crippen molar-refractivity contribution in [1.29, 1.82) is 0 Å². The molecule has 0 bridgehead atoms. The SMILES string of the molecule is [Li+].[O-]c1ccc(F)c(F)c1F. The Morgan fingerprint density at radius 1 is 1.00 bits per heavy atom. The molecule has 11 heavy (non-hydrogen) atoms. The molecule has 0 heterocycles. The number of rotatable bonds is 0. The Labute approximate surface area is 73.0 Å². The fourth-order valence-corrected chi connectivity index (χ4v) is 0.508. The minimum atomic E-state index is -1.72. The summed E-state index contributed by atoms with van der Waals surface area (Å²) >= 11 is 0. The fraction of sp³-hybridized carbons (Fsp3) is 0. The predicted molar refractivity (Wildman–Crippen MR) is 25.8 cm³/mol. The molecule has 0 aliphatic rings. The topological polar surface area (TPSA) is 23.1 Å². The van der Waals surface area contributed by atoms with E-state index in [1.54, 1.807) is 0 Å². The normalized spacial score (nSPS) is 9.00. The Balaban J connectivity index is 0.000001000. The molecule has 0 aromatic heterocycles. The van der Waals surface area contributed by atoms with Crippen LogP contribution in [0.4, 0.5) is 13.2 Å². The molecule has 0 radical (unpaired) electrons. The number of halogens is 3. The Morgan fingerprint density at radius 3 is 2.00 bits per heavy atom. The smallest absolute Gasteiger partial charge is 0.870 e. The maximum Gasteiger partial charge on any atom is 1.00 e. The summed E-state index contributed by atoms with van der Waals surface area (Å²) in [6.07, 6.45) is 0. The first kappa shape index (κ1) is 10.4. The van der Waals surface area contributed by atoms with E-state index in [9.17, 15) is 18.3 Å². The van der Waals surface area contributed by atoms with Crippen LogP contribution in [0.2, 0.25) is 0 Å². The van der Waals surface area contributed by atoms with Gasteiger partial charge in [-0.25, -0.2) is 13.2 Å². The van der Waals surface area contributed by atoms with Gasteiger partial charge >= 0.3 is 18.9 Å². The van der Waals surface area contributed by atoms with Crippen LogP contribution in [0.15, 0.2) is 12.1 Å². The van der Waals surface area contributed by atoms with Crippen molar-refractivity contribution < 1.29 is 37.1 Å². The summed E-state index contributed by atoms with van der Waals surface area (Å²) in [6, 6.07) is 1.22. The van der Waals surface area contributed by atoms with E-state index in [-0.39, 0.29) is 18.9 Å². The minimum Gasteiger partial charge on any atom is -0.870 e. The van der Waals surface area contributed by atoms with E-state index >= 15 is 0 Å². The van der Waals surface area contributed by atoms with Crippen molar-refractivity contribution in [2.24, 2.45) is 0 Å². The van der Waals surface area contributed by atoms with Crippen molar-refractivity contribution >= 4 is 0 Å². The molecule has 0 fully saturated rings. The molecule has 0 saturated heterocycles. The Kier molecular flexibility index (Phi) is 3.50. The third-order valence-electron chi connectivity index (χ3n) is 1.000. The minimum absolute atomic E-state index is 0. The fourth-order valence-electron chi connectivity index (χ4n) is 0.508. The van der Waals surface area contributed by atoms with Crippen molar-refractivity contribution in [1.82, 2.24) is 0 Å². The molecule has 0 aliphatic carbocycles. The third-order valence-corrected chi connectivity index (χ3v) is 1.000. The second-order valence-electron chi connectivity index (χ2n) is 1.67. The largest absolute Gasteiger partial charge is 1.00 e. The van der Waals surface area contributed by atoms with Gasteiger partial charge in [0, 0.05) is 0 Å². The van der Waals surface area contributed by atoms with Gasteiger partial charge in [-0.2, -0.15) is 0 Å². The van der Waals surface area contributed by atoms with Crippen molar-refractivity contribution in [2.75, 3.05) is 0 Å². The third kappa shape index (κ3) is 1.92. The summed E-state index contributed by atoms with van der Waals surface area (Å²) in [6.45, 7) is 0. The van der Waals surface area contributed by atoms with Gasteiger partial charge in [-0.1, -0.05) is 11.8 Å². The van der Waals surface area contributed by atoms with E-state index in [4.69, 9.17) is 0 Å². The molecule has 1 aromatic carbocycles. The number of benzene rings is 1. The van der Waals surface area contributed by atoms with Gasteiger partial charge in [-0.05, 0) is 6.07 Å². The van der Waals surface area contributed by atoms with E-state index in [2.05, 4.69) is 0 Å². The van der Waals surface area contributed by atoms with Gasteiger partial charge in [0.2, 0.25) is 0 Å². The standard InChI is InChI=1S/C6H3F3O.Li/c7-3-1-2-4(10)6(9)5(3)8;/h1-2,10H;/q;+1/p-1. The molecule has 0 unspecified atom stereocenters. The quantitative estimate of drug-likeness (QED) is 0.319. The number of hydrogen-bond donors (Lipinski definition) is 0. The van der Waals surface area contributed by atoms with E-state index in [0.29, 0.717) is 12.1 Å². The molecule has 0 saturated carbocycles. The molecule has 1 rings (SSSR count). The molecule has 1 aromatic rings. The van der Waals surface area contributed by atoms with Gasteiger partial charge < -0.3 is 5.11 Å². The monoisotopic (exact) mass is 154 g/mol. The van der Waals surface area contributed by atoms with Crippen LogP contribution in [0.3, 0.4) is 0 Å². The first-order valence-electron chi connectivity index (χ1n) is 2.43. The summed E-state index contributed by atoms with van der Waals surface area (Å²) in [7, 11) is 0. The molecule has 1 nitrogen and oxygen atoms in total. The first-order valence-corrected chi connectivity index (χ1v) is 2.43. The molecular formula is C6H2F3LiO. The zero-order valence-corrected chi connectivity index (χ0v) is 5.70. The summed E-state index contributed by atoms with van der Waals surface area (Å²) < 4.78 is 36.1. The summed E-state index contributed by atoms with van der Waals surface area (Å²) in [4.78, 5) is 0. The Hall–Kier alpha value is -0.593. The maximum atomic E-state index is 12.1. The molecule has 0 spiro atoms. The van der Waals surface area contributed by atoms with Gasteiger partial charge in [0.05, 0.1) is 0 Å². The summed E-state index contributed by atoms with van der Waals surface area (Å²) in [5, 5.41) is 10.2. The van der Waals surface area contributed by atoms with Gasteiger partial charge in [0.15, 0.2) is 17.5 Å². The zero-order valence-electron chi connectivity index (χ0n) is 5.70. The van der Waals surface area contributed by atoms with E-state index < -0.39 is 23.2 Å². The van der Waals surface area contributed by atoms with Gasteiger partial charge in [-0.3, -0.25) is 0 Å². The molecule has 0 amide bonds. The first-order chi connectivity index (χ1) is 4.63. The molecule has 54 valence electrons. The second kappa shape index (κ2) is 3.70. The van der Waals surface area contributed by atoms with Crippen molar-refractivity contribution in [2.45, 2.75) is 0 Å². The second-order valence-corrected chi connectivity index (χ2v) is 1.67. The van der Waals surface area contributed by atoms with Gasteiger partial charge in [0.25, 0.3) is 0 Å². The molecule has 0 atom stereocenters. The predicted octanol–water partition coefficient (Wildman–Crippen LogP) is -1.82. The van der Waals surface area contributed by atoms with Crippen LogP contribution in [-0.2, 0) is 0 Å². The average molecular weight is 154 g/mol. The van der Waals surface area contributed by atoms with E-state index in [1.165, 1.54) is 0 Å². The van der Waals surface area contributed by atoms with Crippen LogP contribution in [-0.4, -0.2) is 0 Å². The van der Waals surface area contributed by atoms with Crippen molar-refractivity contribution in [3.8, 4) is 5.75 Å². The average Bonchev–Trinajstić information content (AvgIpc) is 1.93. The van der Waals surface area contributed by atoms with Crippen LogP contribution < -0.4 is 24.0 Å². The molecule has 0 aliphatic heterocycles. The Bertz CT molecular complexity index is 237. The molecule has 5 heteroatoms. The molecular weight excluding hydrogens is 152 g/mol. The van der Waals surface area contributed by atoms with Gasteiger partial charge in [0.1, 0.15) is 0 Å². The van der Waals surface area contributed by atoms with Crippen LogP contribution in [0.25, 0.3) is 0 Å². The van der Waals surface area contributed by atoms with Crippen LogP contribution in [0.1, 0.15) is 0 Å². The van der Waals surface area contributed by atoms with Crippen LogP contribution in [0, 0.1) is 17.5 Å². The summed E-state index contributed by atoms with van der Waals surface area (Å²) in [5.41, 5.74) is 0.